The van der Waals surface area contributed by atoms with Gasteiger partial charge in [-0.2, -0.15) is 0 Å². The Morgan fingerprint density at radius 1 is 0.532 bits per heavy atom. The lowest BCUT2D eigenvalue weighted by Gasteiger charge is -2.39. The van der Waals surface area contributed by atoms with Crippen LogP contribution in [0.15, 0.2) is 97.2 Å². The predicted molar refractivity (Wildman–Crippen MR) is 256 cm³/mol. The minimum Gasteiger partial charge on any atom is -0.457 e. The summed E-state index contributed by atoms with van der Waals surface area (Å²) < 4.78 is 22.8. The molecule has 62 heavy (non-hydrogen) atoms. The molecule has 0 spiro atoms. The Balaban J connectivity index is 2.30. The summed E-state index contributed by atoms with van der Waals surface area (Å²) in [7, 11) is 0. The van der Waals surface area contributed by atoms with E-state index in [-0.39, 0.29) is 19.2 Å². The fourth-order valence-electron chi connectivity index (χ4n) is 6.71. The Morgan fingerprint density at radius 2 is 0.984 bits per heavy atom. The van der Waals surface area contributed by atoms with Crippen LogP contribution in [0.4, 0.5) is 0 Å². The van der Waals surface area contributed by atoms with Crippen molar-refractivity contribution in [1.29, 1.82) is 0 Å². The van der Waals surface area contributed by atoms with Crippen LogP contribution in [0.2, 0.25) is 0 Å². The maximum Gasteiger partial charge on any atom is 0.306 e. The Hall–Kier alpha value is -2.89. The highest BCUT2D eigenvalue weighted by atomic mass is 16.7. The van der Waals surface area contributed by atoms with Crippen molar-refractivity contribution in [3.05, 3.63) is 97.2 Å². The highest BCUT2D eigenvalue weighted by molar-refractivity contribution is 5.69. The Bertz CT molecular complexity index is 1260. The van der Waals surface area contributed by atoms with Crippen LogP contribution in [0.5, 0.6) is 0 Å². The summed E-state index contributed by atoms with van der Waals surface area (Å²) in [5.74, 6) is -0.342. The minimum absolute atomic E-state index is 0.0970. The molecule has 0 saturated carbocycles. The van der Waals surface area contributed by atoms with Gasteiger partial charge in [-0.05, 0) is 89.9 Å². The van der Waals surface area contributed by atoms with Gasteiger partial charge < -0.3 is 39.4 Å². The molecule has 1 aliphatic rings. The van der Waals surface area contributed by atoms with Crippen LogP contribution in [-0.2, 0) is 23.7 Å². The summed E-state index contributed by atoms with van der Waals surface area (Å²) in [6.45, 7) is 4.25. The largest absolute Gasteiger partial charge is 0.457 e. The molecule has 1 rings (SSSR count). The maximum absolute atomic E-state index is 12.8. The van der Waals surface area contributed by atoms with Crippen molar-refractivity contribution >= 4 is 5.97 Å². The molecule has 1 aliphatic heterocycles. The van der Waals surface area contributed by atoms with E-state index < -0.39 is 43.4 Å². The first-order chi connectivity index (χ1) is 30.4. The van der Waals surface area contributed by atoms with Crippen LogP contribution in [0.25, 0.3) is 0 Å². The van der Waals surface area contributed by atoms with Crippen LogP contribution >= 0.6 is 0 Å². The molecule has 0 aromatic carbocycles. The summed E-state index contributed by atoms with van der Waals surface area (Å²) in [5, 5.41) is 40.2. The normalized spacial score (nSPS) is 20.6. The molecule has 1 heterocycles. The van der Waals surface area contributed by atoms with Crippen molar-refractivity contribution in [2.75, 3.05) is 26.4 Å². The first-order valence-electron chi connectivity index (χ1n) is 24.3. The zero-order valence-corrected chi connectivity index (χ0v) is 38.8. The molecule has 6 unspecified atom stereocenters. The van der Waals surface area contributed by atoms with Gasteiger partial charge in [0.2, 0.25) is 0 Å². The van der Waals surface area contributed by atoms with E-state index in [1.807, 2.05) is 0 Å². The van der Waals surface area contributed by atoms with Crippen molar-refractivity contribution in [3.8, 4) is 0 Å². The Kier molecular flexibility index (Phi) is 40.0. The monoisotopic (exact) mass is 869 g/mol. The first-order valence-corrected chi connectivity index (χ1v) is 24.3. The van der Waals surface area contributed by atoms with Crippen LogP contribution in [0.1, 0.15) is 168 Å². The van der Waals surface area contributed by atoms with E-state index in [1.165, 1.54) is 64.2 Å². The number of rotatable bonds is 40. The van der Waals surface area contributed by atoms with E-state index in [2.05, 4.69) is 111 Å². The van der Waals surface area contributed by atoms with Gasteiger partial charge >= 0.3 is 5.97 Å². The Morgan fingerprint density at radius 3 is 1.48 bits per heavy atom. The lowest BCUT2D eigenvalue weighted by atomic mass is 9.99. The molecule has 0 amide bonds. The summed E-state index contributed by atoms with van der Waals surface area (Å²) in [5.41, 5.74) is 0. The van der Waals surface area contributed by atoms with E-state index in [0.29, 0.717) is 13.0 Å². The third-order valence-electron chi connectivity index (χ3n) is 10.5. The molecule has 0 aliphatic carbocycles. The Labute approximate surface area is 377 Å². The van der Waals surface area contributed by atoms with Crippen LogP contribution < -0.4 is 0 Å². The fourth-order valence-corrected chi connectivity index (χ4v) is 6.71. The van der Waals surface area contributed by atoms with Gasteiger partial charge in [-0.1, -0.05) is 169 Å². The lowest BCUT2D eigenvalue weighted by molar-refractivity contribution is -0.305. The van der Waals surface area contributed by atoms with Gasteiger partial charge in [-0.15, -0.1) is 0 Å². The molecule has 354 valence electrons. The van der Waals surface area contributed by atoms with Crippen LogP contribution in [0.3, 0.4) is 0 Å². The molecule has 0 radical (unpaired) electrons. The average molecular weight is 869 g/mol. The standard InChI is InChI=1S/C53H88O9/c1-3-5-7-9-11-13-15-17-19-21-23-25-27-29-31-33-35-37-39-41-43-59-45-47(46-60-53-52(58)51(57)50(56)48(44-54)62-53)61-49(55)42-40-38-36-34-32-30-28-26-24-22-20-18-16-14-12-10-8-6-4-2/h5,7,11-14,17-20,23,25,29,31,35,37,47-48,50-54,56-58H,3-4,6,8-10,15-16,21-22,24,26-28,30,32-34,36,38-46H2,1-2H3/b7-5-,13-11-,14-12-,19-17-,20-18-,25-23-,31-29-,37-35-. The van der Waals surface area contributed by atoms with Gasteiger partial charge in [0, 0.05) is 13.0 Å². The number of hydrogen-bond acceptors (Lipinski definition) is 9. The summed E-state index contributed by atoms with van der Waals surface area (Å²) in [4.78, 5) is 12.8. The molecular formula is C53H88O9. The van der Waals surface area contributed by atoms with Crippen molar-refractivity contribution in [3.63, 3.8) is 0 Å². The molecule has 9 heteroatoms. The van der Waals surface area contributed by atoms with Crippen LogP contribution in [0, 0.1) is 0 Å². The summed E-state index contributed by atoms with van der Waals surface area (Å²) >= 11 is 0. The van der Waals surface area contributed by atoms with Crippen molar-refractivity contribution < 1.29 is 44.2 Å². The summed E-state index contributed by atoms with van der Waals surface area (Å²) in [6.07, 6.45) is 53.0. The third-order valence-corrected chi connectivity index (χ3v) is 10.5. The van der Waals surface area contributed by atoms with Crippen LogP contribution in [-0.4, -0.2) is 89.6 Å². The molecule has 0 aromatic rings. The van der Waals surface area contributed by atoms with E-state index >= 15 is 0 Å². The number of unbranched alkanes of at least 4 members (excludes halogenated alkanes) is 13. The zero-order chi connectivity index (χ0) is 45.0. The first kappa shape index (κ1) is 57.1. The predicted octanol–water partition coefficient (Wildman–Crippen LogP) is 11.6. The lowest BCUT2D eigenvalue weighted by Crippen LogP contribution is -2.59. The molecule has 9 nitrogen and oxygen atoms in total. The van der Waals surface area contributed by atoms with E-state index in [4.69, 9.17) is 18.9 Å². The number of carbonyl (C=O) groups excluding carboxylic acids is 1. The number of aliphatic hydroxyl groups excluding tert-OH is 4. The number of ether oxygens (including phenoxy) is 4. The molecule has 6 atom stereocenters. The number of aliphatic hydroxyl groups is 4. The van der Waals surface area contributed by atoms with Crippen molar-refractivity contribution in [2.24, 2.45) is 0 Å². The molecule has 1 fully saturated rings. The summed E-state index contributed by atoms with van der Waals surface area (Å²) in [6, 6.07) is 0. The second-order valence-corrected chi connectivity index (χ2v) is 16.2. The van der Waals surface area contributed by atoms with Crippen molar-refractivity contribution in [2.45, 2.75) is 205 Å². The molecule has 0 aromatic heterocycles. The second-order valence-electron chi connectivity index (χ2n) is 16.2. The minimum atomic E-state index is -1.55. The average Bonchev–Trinajstić information content (AvgIpc) is 3.27. The highest BCUT2D eigenvalue weighted by Gasteiger charge is 2.44. The van der Waals surface area contributed by atoms with Crippen molar-refractivity contribution in [1.82, 2.24) is 0 Å². The van der Waals surface area contributed by atoms with E-state index in [1.54, 1.807) is 0 Å². The van der Waals surface area contributed by atoms with E-state index in [0.717, 1.165) is 83.5 Å². The van der Waals surface area contributed by atoms with Gasteiger partial charge in [0.05, 0.1) is 19.8 Å². The van der Waals surface area contributed by atoms with Gasteiger partial charge in [0.1, 0.15) is 30.5 Å². The quantitative estimate of drug-likeness (QED) is 0.0270. The number of esters is 1. The van der Waals surface area contributed by atoms with E-state index in [9.17, 15) is 25.2 Å². The molecule has 4 N–H and O–H groups in total. The number of carbonyl (C=O) groups is 1. The third kappa shape index (κ3) is 33.6. The SMILES string of the molecule is CC/C=C\C/C=C\C/C=C\C/C=C\C/C=C\C/C=C\CCCOCC(COC1OC(CO)C(O)C(O)C1O)OC(=O)CCCCCCCCCCC/C=C\C/C=C\CCCCC. The fraction of sp³-hybridized carbons (Fsp3) is 0.679. The number of allylic oxidation sites excluding steroid dienone is 16. The molecular weight excluding hydrogens is 781 g/mol. The van der Waals surface area contributed by atoms with Gasteiger partial charge in [-0.3, -0.25) is 4.79 Å². The second kappa shape index (κ2) is 43.4. The smallest absolute Gasteiger partial charge is 0.306 e. The number of hydrogen-bond donors (Lipinski definition) is 4. The zero-order valence-electron chi connectivity index (χ0n) is 38.8. The van der Waals surface area contributed by atoms with Gasteiger partial charge in [-0.25, -0.2) is 0 Å². The van der Waals surface area contributed by atoms with Gasteiger partial charge in [0.15, 0.2) is 6.29 Å². The topological polar surface area (TPSA) is 135 Å². The maximum atomic E-state index is 12.8. The molecule has 1 saturated heterocycles. The molecule has 0 bridgehead atoms. The highest BCUT2D eigenvalue weighted by Crippen LogP contribution is 2.22. The van der Waals surface area contributed by atoms with Gasteiger partial charge in [0.25, 0.3) is 0 Å².